The maximum absolute atomic E-state index is 13.1. The molecule has 7 heteroatoms. The maximum Gasteiger partial charge on any atom is 0.269 e. The minimum absolute atomic E-state index is 0.110. The van der Waals surface area contributed by atoms with Crippen molar-refractivity contribution in [2.45, 2.75) is 13.3 Å². The van der Waals surface area contributed by atoms with Crippen LogP contribution >= 0.6 is 0 Å². The highest BCUT2D eigenvalue weighted by Crippen LogP contribution is 2.18. The van der Waals surface area contributed by atoms with E-state index in [4.69, 9.17) is 0 Å². The molecule has 1 aliphatic heterocycles. The molecule has 1 N–H and O–H groups in total. The number of carbonyl (C=O) groups is 2. The number of nitrogens with one attached hydrogen (secondary N) is 1. The Balaban J connectivity index is 1.62. The van der Waals surface area contributed by atoms with E-state index in [1.54, 1.807) is 29.2 Å². The number of halogens is 1. The number of piperazine rings is 1. The average molecular weight is 370 g/mol. The molecule has 0 radical (unpaired) electrons. The standard InChI is InChI=1S/C20H23FN4O2/c1-2-8-23-19(26)18-14-15(7-9-22-18)20(27)25-12-10-24(11-13-25)17-5-3-16(21)4-6-17/h3-7,9,14H,2,8,10-13H2,1H3,(H,23,26). The lowest BCUT2D eigenvalue weighted by Crippen LogP contribution is -2.48. The monoisotopic (exact) mass is 370 g/mol. The third-order valence-electron chi connectivity index (χ3n) is 4.53. The molecule has 0 unspecified atom stereocenters. The van der Waals surface area contributed by atoms with Gasteiger partial charge in [0, 0.05) is 50.2 Å². The molecule has 1 aliphatic rings. The van der Waals surface area contributed by atoms with E-state index in [1.807, 2.05) is 6.92 Å². The van der Waals surface area contributed by atoms with Crippen LogP contribution in [0, 0.1) is 5.82 Å². The largest absolute Gasteiger partial charge is 0.368 e. The summed E-state index contributed by atoms with van der Waals surface area (Å²) in [6, 6.07) is 9.54. The molecule has 2 amide bonds. The van der Waals surface area contributed by atoms with Crippen molar-refractivity contribution < 1.29 is 14.0 Å². The molecule has 27 heavy (non-hydrogen) atoms. The number of anilines is 1. The molecular weight excluding hydrogens is 347 g/mol. The van der Waals surface area contributed by atoms with E-state index in [0.29, 0.717) is 38.3 Å². The topological polar surface area (TPSA) is 65.5 Å². The molecule has 0 saturated carbocycles. The lowest BCUT2D eigenvalue weighted by molar-refractivity contribution is 0.0746. The van der Waals surface area contributed by atoms with E-state index in [0.717, 1.165) is 12.1 Å². The Morgan fingerprint density at radius 2 is 1.81 bits per heavy atom. The molecular formula is C20H23FN4O2. The number of amides is 2. The Hall–Kier alpha value is -2.96. The van der Waals surface area contributed by atoms with Crippen molar-refractivity contribution in [2.75, 3.05) is 37.6 Å². The molecule has 3 rings (SSSR count). The van der Waals surface area contributed by atoms with Gasteiger partial charge in [0.05, 0.1) is 0 Å². The second-order valence-electron chi connectivity index (χ2n) is 6.44. The number of benzene rings is 1. The number of carbonyl (C=O) groups excluding carboxylic acids is 2. The first-order chi connectivity index (χ1) is 13.1. The van der Waals surface area contributed by atoms with Crippen molar-refractivity contribution in [2.24, 2.45) is 0 Å². The smallest absolute Gasteiger partial charge is 0.269 e. The maximum atomic E-state index is 13.1. The molecule has 0 aliphatic carbocycles. The van der Waals surface area contributed by atoms with Crippen molar-refractivity contribution in [1.82, 2.24) is 15.2 Å². The van der Waals surface area contributed by atoms with Gasteiger partial charge in [0.1, 0.15) is 11.5 Å². The van der Waals surface area contributed by atoms with E-state index < -0.39 is 0 Å². The Kier molecular flexibility index (Phi) is 6.01. The molecule has 0 atom stereocenters. The first-order valence-electron chi connectivity index (χ1n) is 9.12. The SMILES string of the molecule is CCCNC(=O)c1cc(C(=O)N2CCN(c3ccc(F)cc3)CC2)ccn1. The fourth-order valence-electron chi connectivity index (χ4n) is 3.02. The highest BCUT2D eigenvalue weighted by molar-refractivity contribution is 5.98. The summed E-state index contributed by atoms with van der Waals surface area (Å²) in [6.07, 6.45) is 2.32. The fourth-order valence-corrected chi connectivity index (χ4v) is 3.02. The third-order valence-corrected chi connectivity index (χ3v) is 4.53. The highest BCUT2D eigenvalue weighted by Gasteiger charge is 2.23. The zero-order valence-electron chi connectivity index (χ0n) is 15.3. The number of nitrogens with zero attached hydrogens (tertiary/aromatic N) is 3. The highest BCUT2D eigenvalue weighted by atomic mass is 19.1. The minimum atomic E-state index is -0.271. The molecule has 1 saturated heterocycles. The van der Waals surface area contributed by atoms with Crippen LogP contribution in [0.3, 0.4) is 0 Å². The molecule has 6 nitrogen and oxygen atoms in total. The van der Waals surface area contributed by atoms with Gasteiger partial charge < -0.3 is 15.1 Å². The van der Waals surface area contributed by atoms with Crippen LogP contribution in [0.5, 0.6) is 0 Å². The van der Waals surface area contributed by atoms with Crippen LogP contribution < -0.4 is 10.2 Å². The van der Waals surface area contributed by atoms with Crippen molar-refractivity contribution in [3.63, 3.8) is 0 Å². The van der Waals surface area contributed by atoms with Gasteiger partial charge in [0.2, 0.25) is 0 Å². The summed E-state index contributed by atoms with van der Waals surface area (Å²) in [7, 11) is 0. The summed E-state index contributed by atoms with van der Waals surface area (Å²) in [5, 5.41) is 2.76. The Labute approximate surface area is 158 Å². The summed E-state index contributed by atoms with van der Waals surface area (Å²) >= 11 is 0. The molecule has 1 fully saturated rings. The number of hydrogen-bond donors (Lipinski definition) is 1. The quantitative estimate of drug-likeness (QED) is 0.877. The van der Waals surface area contributed by atoms with E-state index in [-0.39, 0.29) is 23.3 Å². The van der Waals surface area contributed by atoms with Crippen LogP contribution in [0.1, 0.15) is 34.2 Å². The van der Waals surface area contributed by atoms with Crippen molar-refractivity contribution in [3.05, 3.63) is 59.7 Å². The van der Waals surface area contributed by atoms with Crippen LogP contribution in [0.4, 0.5) is 10.1 Å². The number of pyridine rings is 1. The lowest BCUT2D eigenvalue weighted by atomic mass is 10.1. The van der Waals surface area contributed by atoms with Crippen molar-refractivity contribution >= 4 is 17.5 Å². The van der Waals surface area contributed by atoms with E-state index in [2.05, 4.69) is 15.2 Å². The zero-order valence-corrected chi connectivity index (χ0v) is 15.3. The van der Waals surface area contributed by atoms with E-state index >= 15 is 0 Å². The van der Waals surface area contributed by atoms with Gasteiger partial charge in [-0.1, -0.05) is 6.92 Å². The molecule has 0 bridgehead atoms. The average Bonchev–Trinajstić information content (AvgIpc) is 2.72. The second-order valence-corrected chi connectivity index (χ2v) is 6.44. The molecule has 2 heterocycles. The minimum Gasteiger partial charge on any atom is -0.368 e. The van der Waals surface area contributed by atoms with Crippen LogP contribution in [-0.2, 0) is 0 Å². The first kappa shape index (κ1) is 18.8. The van der Waals surface area contributed by atoms with Gasteiger partial charge in [0.15, 0.2) is 0 Å². The van der Waals surface area contributed by atoms with Crippen molar-refractivity contribution in [1.29, 1.82) is 0 Å². The Bertz CT molecular complexity index is 802. The van der Waals surface area contributed by atoms with Gasteiger partial charge in [-0.05, 0) is 42.8 Å². The van der Waals surface area contributed by atoms with Crippen LogP contribution in [-0.4, -0.2) is 54.4 Å². The molecule has 2 aromatic rings. The van der Waals surface area contributed by atoms with E-state index in [9.17, 15) is 14.0 Å². The van der Waals surface area contributed by atoms with E-state index in [1.165, 1.54) is 18.3 Å². The normalized spacial score (nSPS) is 14.1. The van der Waals surface area contributed by atoms with Crippen LogP contribution in [0.2, 0.25) is 0 Å². The zero-order chi connectivity index (χ0) is 19.2. The van der Waals surface area contributed by atoms with Gasteiger partial charge in [-0.3, -0.25) is 14.6 Å². The molecule has 142 valence electrons. The van der Waals surface area contributed by atoms with Gasteiger partial charge in [-0.15, -0.1) is 0 Å². The first-order valence-corrected chi connectivity index (χ1v) is 9.12. The summed E-state index contributed by atoms with van der Waals surface area (Å²) in [6.45, 7) is 5.02. The Morgan fingerprint density at radius 1 is 1.11 bits per heavy atom. The number of rotatable bonds is 5. The molecule has 1 aromatic carbocycles. The second kappa shape index (κ2) is 8.62. The predicted octanol–water partition coefficient (Wildman–Crippen LogP) is 2.32. The lowest BCUT2D eigenvalue weighted by Gasteiger charge is -2.36. The summed E-state index contributed by atoms with van der Waals surface area (Å²) in [5.74, 6) is -0.641. The molecule has 0 spiro atoms. The van der Waals surface area contributed by atoms with Crippen LogP contribution in [0.15, 0.2) is 42.6 Å². The van der Waals surface area contributed by atoms with Gasteiger partial charge >= 0.3 is 0 Å². The van der Waals surface area contributed by atoms with Crippen LogP contribution in [0.25, 0.3) is 0 Å². The van der Waals surface area contributed by atoms with Gasteiger partial charge in [-0.2, -0.15) is 0 Å². The predicted molar refractivity (Wildman–Crippen MR) is 101 cm³/mol. The van der Waals surface area contributed by atoms with Gasteiger partial charge in [0.25, 0.3) is 11.8 Å². The summed E-state index contributed by atoms with van der Waals surface area (Å²) < 4.78 is 13.1. The fraction of sp³-hybridized carbons (Fsp3) is 0.350. The van der Waals surface area contributed by atoms with Crippen molar-refractivity contribution in [3.8, 4) is 0 Å². The number of aromatic nitrogens is 1. The van der Waals surface area contributed by atoms with Gasteiger partial charge in [-0.25, -0.2) is 4.39 Å². The third kappa shape index (κ3) is 4.61. The number of hydrogen-bond acceptors (Lipinski definition) is 4. The molecule has 1 aromatic heterocycles. The Morgan fingerprint density at radius 3 is 2.48 bits per heavy atom. The summed E-state index contributed by atoms with van der Waals surface area (Å²) in [4.78, 5) is 32.8. The summed E-state index contributed by atoms with van der Waals surface area (Å²) in [5.41, 5.74) is 1.66.